The zero-order valence-corrected chi connectivity index (χ0v) is 12.5. The molecule has 2 amide bonds. The number of carbonyl (C=O) groups is 2. The fraction of sp³-hybridized carbons (Fsp3) is 0.231. The van der Waals surface area contributed by atoms with Crippen molar-refractivity contribution in [1.82, 2.24) is 4.90 Å². The van der Waals surface area contributed by atoms with Gasteiger partial charge in [0.1, 0.15) is 0 Å². The smallest absolute Gasteiger partial charge is 0.293 e. The zero-order chi connectivity index (χ0) is 14.1. The predicted molar refractivity (Wildman–Crippen MR) is 81.5 cm³/mol. The van der Waals surface area contributed by atoms with Crippen molar-refractivity contribution in [2.75, 3.05) is 19.9 Å². The summed E-state index contributed by atoms with van der Waals surface area (Å²) in [6, 6.07) is 5.36. The van der Waals surface area contributed by atoms with Crippen molar-refractivity contribution in [1.29, 1.82) is 0 Å². The third kappa shape index (κ3) is 2.99. The molecule has 8 heteroatoms. The summed E-state index contributed by atoms with van der Waals surface area (Å²) in [5.41, 5.74) is 6.17. The molecular formula is C13H13ClN2O4S. The number of hydrogen-bond donors (Lipinski definition) is 1. The number of fused-ring (bicyclic) bond motifs is 1. The lowest BCUT2D eigenvalue weighted by Crippen LogP contribution is -2.33. The quantitative estimate of drug-likeness (QED) is 0.852. The number of imide groups is 1. The fourth-order valence-corrected chi connectivity index (χ4v) is 2.84. The number of carbonyl (C=O) groups excluding carboxylic acids is 2. The van der Waals surface area contributed by atoms with Crippen LogP contribution in [0.2, 0.25) is 0 Å². The van der Waals surface area contributed by atoms with E-state index in [4.69, 9.17) is 15.2 Å². The van der Waals surface area contributed by atoms with Crippen LogP contribution in [0.5, 0.6) is 11.5 Å². The lowest BCUT2D eigenvalue weighted by Gasteiger charge is -2.09. The Morgan fingerprint density at radius 2 is 2.05 bits per heavy atom. The van der Waals surface area contributed by atoms with Crippen molar-refractivity contribution >= 4 is 41.4 Å². The van der Waals surface area contributed by atoms with Crippen molar-refractivity contribution in [2.24, 2.45) is 5.73 Å². The number of halogens is 1. The second kappa shape index (κ2) is 6.38. The first-order valence-electron chi connectivity index (χ1n) is 6.04. The third-order valence-corrected chi connectivity index (χ3v) is 3.83. The van der Waals surface area contributed by atoms with E-state index >= 15 is 0 Å². The molecule has 1 aromatic carbocycles. The molecule has 112 valence electrons. The molecule has 2 aliphatic heterocycles. The third-order valence-electron chi connectivity index (χ3n) is 2.92. The Balaban J connectivity index is 0.00000161. The van der Waals surface area contributed by atoms with E-state index in [9.17, 15) is 9.59 Å². The average Bonchev–Trinajstić information content (AvgIpc) is 2.99. The van der Waals surface area contributed by atoms with Crippen LogP contribution >= 0.6 is 24.2 Å². The number of rotatable bonds is 3. The first kappa shape index (κ1) is 15.7. The van der Waals surface area contributed by atoms with Gasteiger partial charge in [0.2, 0.25) is 6.79 Å². The summed E-state index contributed by atoms with van der Waals surface area (Å²) in [4.78, 5) is 25.3. The molecule has 0 bridgehead atoms. The summed E-state index contributed by atoms with van der Waals surface area (Å²) < 4.78 is 10.5. The van der Waals surface area contributed by atoms with Crippen molar-refractivity contribution < 1.29 is 19.1 Å². The first-order chi connectivity index (χ1) is 9.69. The molecular weight excluding hydrogens is 316 g/mol. The summed E-state index contributed by atoms with van der Waals surface area (Å²) in [5, 5.41) is -0.285. The molecule has 0 aliphatic carbocycles. The number of ether oxygens (including phenoxy) is 2. The SMILES string of the molecule is Cl.NCCN1C(=O)SC(=Cc2ccc3c(c2)OCO3)C1=O. The van der Waals surface area contributed by atoms with Gasteiger partial charge in [-0.3, -0.25) is 14.5 Å². The monoisotopic (exact) mass is 328 g/mol. The van der Waals surface area contributed by atoms with Crippen LogP contribution in [0.25, 0.3) is 6.08 Å². The molecule has 2 aliphatic rings. The van der Waals surface area contributed by atoms with Crippen molar-refractivity contribution in [3.63, 3.8) is 0 Å². The molecule has 1 saturated heterocycles. The van der Waals surface area contributed by atoms with Gasteiger partial charge in [0.25, 0.3) is 11.1 Å². The molecule has 0 unspecified atom stereocenters. The standard InChI is InChI=1S/C13H12N2O4S.ClH/c14-3-4-15-12(16)11(20-13(15)17)6-8-1-2-9-10(5-8)19-7-18-9;/h1-2,5-6H,3-4,7,14H2;1H. The second-order valence-electron chi connectivity index (χ2n) is 4.23. The Labute approximate surface area is 131 Å². The number of nitrogens with two attached hydrogens (primary N) is 1. The van der Waals surface area contributed by atoms with E-state index in [1.165, 1.54) is 0 Å². The van der Waals surface area contributed by atoms with Crippen LogP contribution in [0.3, 0.4) is 0 Å². The van der Waals surface area contributed by atoms with Gasteiger partial charge < -0.3 is 15.2 Å². The minimum Gasteiger partial charge on any atom is -0.454 e. The Morgan fingerprint density at radius 3 is 2.81 bits per heavy atom. The molecule has 0 spiro atoms. The molecule has 0 aromatic heterocycles. The lowest BCUT2D eigenvalue weighted by molar-refractivity contribution is -0.122. The topological polar surface area (TPSA) is 81.9 Å². The van der Waals surface area contributed by atoms with E-state index in [0.717, 1.165) is 22.2 Å². The molecule has 1 aromatic rings. The predicted octanol–water partition coefficient (Wildman–Crippen LogP) is 1.83. The molecule has 1 fully saturated rings. The highest BCUT2D eigenvalue weighted by Gasteiger charge is 2.34. The first-order valence-corrected chi connectivity index (χ1v) is 6.86. The molecule has 0 atom stereocenters. The molecule has 21 heavy (non-hydrogen) atoms. The number of benzene rings is 1. The number of thioether (sulfide) groups is 1. The van der Waals surface area contributed by atoms with Crippen LogP contribution in [0.4, 0.5) is 4.79 Å². The summed E-state index contributed by atoms with van der Waals surface area (Å²) in [7, 11) is 0. The van der Waals surface area contributed by atoms with Crippen molar-refractivity contribution in [3.8, 4) is 11.5 Å². The van der Waals surface area contributed by atoms with E-state index in [0.29, 0.717) is 16.4 Å². The van der Waals surface area contributed by atoms with Gasteiger partial charge in [0, 0.05) is 13.1 Å². The van der Waals surface area contributed by atoms with Crippen LogP contribution in [0.1, 0.15) is 5.56 Å². The average molecular weight is 329 g/mol. The summed E-state index contributed by atoms with van der Waals surface area (Å²) in [6.07, 6.45) is 1.67. The highest BCUT2D eigenvalue weighted by molar-refractivity contribution is 8.18. The Kier molecular flexibility index (Phi) is 4.76. The van der Waals surface area contributed by atoms with Gasteiger partial charge in [-0.2, -0.15) is 0 Å². The highest BCUT2D eigenvalue weighted by atomic mass is 35.5. The summed E-state index contributed by atoms with van der Waals surface area (Å²) >= 11 is 0.921. The van der Waals surface area contributed by atoms with E-state index in [2.05, 4.69) is 0 Å². The lowest BCUT2D eigenvalue weighted by atomic mass is 10.2. The largest absolute Gasteiger partial charge is 0.454 e. The second-order valence-corrected chi connectivity index (χ2v) is 5.23. The van der Waals surface area contributed by atoms with Crippen LogP contribution in [-0.2, 0) is 4.79 Å². The summed E-state index contributed by atoms with van der Waals surface area (Å²) in [5.74, 6) is 1.02. The highest BCUT2D eigenvalue weighted by Crippen LogP contribution is 2.36. The number of amides is 2. The maximum absolute atomic E-state index is 12.0. The van der Waals surface area contributed by atoms with Crippen molar-refractivity contribution in [3.05, 3.63) is 28.7 Å². The van der Waals surface area contributed by atoms with Gasteiger partial charge >= 0.3 is 0 Å². The van der Waals surface area contributed by atoms with E-state index in [-0.39, 0.29) is 43.4 Å². The van der Waals surface area contributed by atoms with Gasteiger partial charge in [-0.05, 0) is 35.5 Å². The van der Waals surface area contributed by atoms with Gasteiger partial charge in [-0.15, -0.1) is 12.4 Å². The van der Waals surface area contributed by atoms with E-state index in [1.54, 1.807) is 18.2 Å². The fourth-order valence-electron chi connectivity index (χ4n) is 1.98. The minimum absolute atomic E-state index is 0. The molecule has 6 nitrogen and oxygen atoms in total. The van der Waals surface area contributed by atoms with Crippen LogP contribution in [-0.4, -0.2) is 35.9 Å². The van der Waals surface area contributed by atoms with E-state index < -0.39 is 0 Å². The maximum Gasteiger partial charge on any atom is 0.293 e. The molecule has 3 rings (SSSR count). The van der Waals surface area contributed by atoms with Crippen LogP contribution in [0.15, 0.2) is 23.1 Å². The van der Waals surface area contributed by atoms with Gasteiger partial charge in [-0.25, -0.2) is 0 Å². The maximum atomic E-state index is 12.0. The number of hydrogen-bond acceptors (Lipinski definition) is 6. The van der Waals surface area contributed by atoms with Gasteiger partial charge in [-0.1, -0.05) is 6.07 Å². The van der Waals surface area contributed by atoms with Crippen LogP contribution < -0.4 is 15.2 Å². The van der Waals surface area contributed by atoms with Crippen LogP contribution in [0, 0.1) is 0 Å². The molecule has 2 heterocycles. The number of nitrogens with zero attached hydrogens (tertiary/aromatic N) is 1. The Hall–Kier alpha value is -1.70. The normalized spacial score (nSPS) is 18.3. The van der Waals surface area contributed by atoms with Crippen molar-refractivity contribution in [2.45, 2.75) is 0 Å². The van der Waals surface area contributed by atoms with Gasteiger partial charge in [0.15, 0.2) is 11.5 Å². The van der Waals surface area contributed by atoms with E-state index in [1.807, 2.05) is 6.07 Å². The summed E-state index contributed by atoms with van der Waals surface area (Å²) in [6.45, 7) is 0.699. The molecule has 0 radical (unpaired) electrons. The Bertz CT molecular complexity index is 620. The van der Waals surface area contributed by atoms with Gasteiger partial charge in [0.05, 0.1) is 4.91 Å². The molecule has 2 N–H and O–H groups in total. The zero-order valence-electron chi connectivity index (χ0n) is 10.9. The minimum atomic E-state index is -0.303. The Morgan fingerprint density at radius 1 is 1.29 bits per heavy atom. The molecule has 0 saturated carbocycles.